The minimum atomic E-state index is -1.53. The minimum Gasteiger partial charge on any atom is -0.216 e. The Labute approximate surface area is 581 Å². The normalized spacial score (nSPS) is 25.9. The van der Waals surface area contributed by atoms with E-state index in [2.05, 4.69) is 132 Å². The quantitative estimate of drug-likeness (QED) is 0.116. The van der Waals surface area contributed by atoms with Crippen LogP contribution in [-0.2, 0) is 0 Å². The summed E-state index contributed by atoms with van der Waals surface area (Å²) in [4.78, 5) is 0. The third kappa shape index (κ3) is 33.0. The van der Waals surface area contributed by atoms with E-state index in [9.17, 15) is 26.3 Å². The molecule has 0 N–H and O–H groups in total. The molecule has 2 aromatic carbocycles. The second-order valence-electron chi connectivity index (χ2n) is 28.4. The molecule has 8 rings (SSSR count). The first kappa shape index (κ1) is 96.3. The highest BCUT2D eigenvalue weighted by atomic mass is 19.3. The molecule has 6 saturated carbocycles. The van der Waals surface area contributed by atoms with Gasteiger partial charge in [0.15, 0.2) is 0 Å². The first-order valence-corrected chi connectivity index (χ1v) is 34.6. The molecule has 6 heteroatoms. The summed E-state index contributed by atoms with van der Waals surface area (Å²) >= 11 is 0. The maximum Gasteiger partial charge on any atom is 0.266 e. The Hall–Kier alpha value is -4.06. The van der Waals surface area contributed by atoms with Gasteiger partial charge in [0.25, 0.3) is 12.2 Å². The van der Waals surface area contributed by atoms with Gasteiger partial charge in [0.05, 0.1) is 12.7 Å². The smallest absolute Gasteiger partial charge is 0.216 e. The zero-order valence-electron chi connectivity index (χ0n) is 56.1. The van der Waals surface area contributed by atoms with Crippen molar-refractivity contribution in [3.05, 3.63) is 152 Å². The lowest BCUT2D eigenvalue weighted by atomic mass is 9.78. The van der Waals surface area contributed by atoms with Gasteiger partial charge in [-0.15, -0.1) is 0 Å². The van der Waals surface area contributed by atoms with Gasteiger partial charge in [0.2, 0.25) is 0 Å². The molecule has 0 saturated heterocycles. The van der Waals surface area contributed by atoms with Crippen molar-refractivity contribution in [3.63, 3.8) is 0 Å². The van der Waals surface area contributed by atoms with Crippen LogP contribution in [0.1, 0.15) is 320 Å². The fraction of sp³-hybridized carbons (Fsp3) is 0.682. The number of rotatable bonds is 16. The number of halogens is 6. The van der Waals surface area contributed by atoms with Crippen molar-refractivity contribution < 1.29 is 26.3 Å². The Morgan fingerprint density at radius 3 is 0.681 bits per heavy atom. The first-order valence-electron chi connectivity index (χ1n) is 34.6. The van der Waals surface area contributed by atoms with Gasteiger partial charge in [-0.2, -0.15) is 17.6 Å². The average molecular weight is 1320 g/mol. The van der Waals surface area contributed by atoms with E-state index in [0.717, 1.165) is 99.0 Å². The van der Waals surface area contributed by atoms with Crippen LogP contribution in [0.5, 0.6) is 0 Å². The van der Waals surface area contributed by atoms with E-state index in [1.165, 1.54) is 182 Å². The Bertz CT molecular complexity index is 2490. The van der Waals surface area contributed by atoms with Gasteiger partial charge in [-0.25, -0.2) is 8.78 Å². The van der Waals surface area contributed by atoms with E-state index in [0.29, 0.717) is 61.0 Å². The summed E-state index contributed by atoms with van der Waals surface area (Å²) in [7, 11) is 0. The third-order valence-electron chi connectivity index (χ3n) is 22.5. The zero-order chi connectivity index (χ0) is 62.7. The largest absolute Gasteiger partial charge is 0.266 e. The van der Waals surface area contributed by atoms with E-state index in [1.54, 1.807) is 12.2 Å². The van der Waals surface area contributed by atoms with Crippen molar-refractivity contribution in [3.8, 4) is 0 Å². The van der Waals surface area contributed by atoms with E-state index in [1.807, 2.05) is 0 Å². The topological polar surface area (TPSA) is 0 Å². The van der Waals surface area contributed by atoms with E-state index in [4.69, 9.17) is 0 Å². The van der Waals surface area contributed by atoms with Crippen LogP contribution >= 0.6 is 0 Å². The van der Waals surface area contributed by atoms with Crippen molar-refractivity contribution in [1.82, 2.24) is 0 Å². The molecule has 0 bridgehead atoms. The summed E-state index contributed by atoms with van der Waals surface area (Å²) < 4.78 is 72.6. The highest BCUT2D eigenvalue weighted by molar-refractivity contribution is 5.64. The van der Waals surface area contributed by atoms with Crippen molar-refractivity contribution in [2.75, 3.05) is 0 Å². The van der Waals surface area contributed by atoms with Crippen LogP contribution in [0.15, 0.2) is 85.6 Å². The van der Waals surface area contributed by atoms with Gasteiger partial charge < -0.3 is 0 Å². The monoisotopic (exact) mass is 1320 g/mol. The molecule has 0 amide bonds. The lowest BCUT2D eigenvalue weighted by Gasteiger charge is -2.27. The van der Waals surface area contributed by atoms with Crippen LogP contribution < -0.4 is 0 Å². The van der Waals surface area contributed by atoms with Gasteiger partial charge in [-0.1, -0.05) is 160 Å². The summed E-state index contributed by atoms with van der Waals surface area (Å²) in [5.41, 5.74) is 16.8. The van der Waals surface area contributed by atoms with Crippen LogP contribution in [0.2, 0.25) is 0 Å². The highest BCUT2D eigenvalue weighted by Crippen LogP contribution is 2.39. The maximum absolute atomic E-state index is 12.2. The van der Waals surface area contributed by atoms with Gasteiger partial charge in [-0.3, -0.25) is 0 Å². The molecule has 0 unspecified atom stereocenters. The minimum absolute atomic E-state index is 0. The predicted molar refractivity (Wildman–Crippen MR) is 414 cm³/mol. The molecule has 6 aliphatic rings. The molecular formula is C88H150F6. The Morgan fingerprint density at radius 2 is 0.468 bits per heavy atom. The molecule has 6 aliphatic carbocycles. The summed E-state index contributed by atoms with van der Waals surface area (Å²) in [5, 5.41) is 0. The van der Waals surface area contributed by atoms with E-state index in [-0.39, 0.29) is 59.4 Å². The van der Waals surface area contributed by atoms with Crippen LogP contribution in [0, 0.1) is 140 Å². The van der Waals surface area contributed by atoms with Crippen LogP contribution in [0.25, 0.3) is 12.2 Å². The van der Waals surface area contributed by atoms with Gasteiger partial charge in [0.1, 0.15) is 0 Å². The lowest BCUT2D eigenvalue weighted by Crippen LogP contribution is -2.14. The number of hydrogen-bond donors (Lipinski definition) is 0. The van der Waals surface area contributed by atoms with Crippen LogP contribution in [0.3, 0.4) is 0 Å². The fourth-order valence-electron chi connectivity index (χ4n) is 15.1. The van der Waals surface area contributed by atoms with Crippen molar-refractivity contribution in [1.29, 1.82) is 0 Å². The van der Waals surface area contributed by atoms with Crippen molar-refractivity contribution in [2.24, 2.45) is 71.0 Å². The molecule has 0 aliphatic heterocycles. The van der Waals surface area contributed by atoms with Gasteiger partial charge >= 0.3 is 0 Å². The Morgan fingerprint density at radius 1 is 0.277 bits per heavy atom. The molecule has 6 fully saturated rings. The molecule has 0 aromatic heterocycles. The van der Waals surface area contributed by atoms with Gasteiger partial charge in [0, 0.05) is 0 Å². The van der Waals surface area contributed by atoms with Crippen LogP contribution in [-0.4, -0.2) is 0 Å². The molecule has 0 nitrogen and oxygen atoms in total. The first-order chi connectivity index (χ1) is 41.2. The SMILES string of the molecule is C.C.C.C.C.C.C.C.CC1CCC(C=CC2CCC(C/C=C/F)CC2)CC1.CC1CCC(C=CC2CCC(CC=C(F)F)CC2)CC1.Cc1c(C)c(C)c(C=CC2CCC(C/C=C/F)CC2)c(C)c1C.Cc1c(C)c(C)c(C=CC2CCC(CC=C(F)F)CC2)c(C)c1C. The standard InChI is InChI=1S/C22H30F2.C22H31F.C18H28F2.C18H29F.8CH4/c1-14-15(2)17(4)21(18(5)16(14)3)12-10-19-6-8-20(9-7-19)11-13-22(23)24;1-15-16(2)18(4)22(19(5)17(15)3)13-12-21-10-8-20(9-11-21)7-6-14-23;1-14-2-4-15(5-3-14)6-7-16-8-10-17(11-9-16)12-13-18(19)20;1-15-4-6-17(7-5-15)12-13-18-10-8-16(9-11-18)3-2-14-19;;;;;;;;/h10,12-13,19-20H,6-9,11H2,1-5H3;6,12-14,20-21H,7-11H2,1-5H3;6-7,13-17H,2-5,8-12H2,1H3;2,12-18H,3-11H2,1H3;8*1H4/b;13-12?,14-6+;;13-12?,14-2+;;;;;;;;. The molecule has 0 heterocycles. The Kier molecular flexibility index (Phi) is 52.4. The molecule has 0 atom stereocenters. The summed E-state index contributed by atoms with van der Waals surface area (Å²) in [5.74, 6) is 8.60. The third-order valence-corrected chi connectivity index (χ3v) is 22.5. The summed E-state index contributed by atoms with van der Waals surface area (Å²) in [6.45, 7) is 27.0. The molecule has 544 valence electrons. The second-order valence-corrected chi connectivity index (χ2v) is 28.4. The highest BCUT2D eigenvalue weighted by Gasteiger charge is 2.24. The summed E-state index contributed by atoms with van der Waals surface area (Å²) in [6.07, 6.45) is 56.3. The van der Waals surface area contributed by atoms with E-state index >= 15 is 0 Å². The Balaban J connectivity index is -0.000000561. The molecular weight excluding hydrogens is 1170 g/mol. The molecule has 2 aromatic rings. The number of hydrogen-bond acceptors (Lipinski definition) is 0. The van der Waals surface area contributed by atoms with Gasteiger partial charge in [-0.05, 0) is 373 Å². The summed E-state index contributed by atoms with van der Waals surface area (Å²) in [6, 6.07) is 0. The maximum atomic E-state index is 12.2. The predicted octanol–water partition coefficient (Wildman–Crippen LogP) is 31.6. The van der Waals surface area contributed by atoms with Crippen molar-refractivity contribution in [2.45, 2.75) is 322 Å². The lowest BCUT2D eigenvalue weighted by molar-refractivity contribution is 0.303. The van der Waals surface area contributed by atoms with E-state index < -0.39 is 12.2 Å². The molecule has 94 heavy (non-hydrogen) atoms. The number of allylic oxidation sites excluding steroid dienone is 10. The second kappa shape index (κ2) is 51.2. The average Bonchev–Trinajstić information content (AvgIpc) is 0.807. The molecule has 0 spiro atoms. The van der Waals surface area contributed by atoms with Crippen molar-refractivity contribution >= 4 is 12.2 Å². The number of benzene rings is 2. The zero-order valence-corrected chi connectivity index (χ0v) is 56.1. The molecule has 0 radical (unpaired) electrons. The van der Waals surface area contributed by atoms with Crippen LogP contribution in [0.4, 0.5) is 26.3 Å². The fourth-order valence-corrected chi connectivity index (χ4v) is 15.1.